The van der Waals surface area contributed by atoms with Crippen molar-refractivity contribution in [2.75, 3.05) is 0 Å². The average molecular weight is 110 g/mol. The zero-order chi connectivity index (χ0) is 6.41. The minimum atomic E-state index is 0.514. The van der Waals surface area contributed by atoms with Crippen LogP contribution in [0.4, 0.5) is 0 Å². The Morgan fingerprint density at radius 1 is 1.50 bits per heavy atom. The van der Waals surface area contributed by atoms with Gasteiger partial charge in [-0.1, -0.05) is 26.7 Å². The molecule has 1 radical (unpaired) electrons. The summed E-state index contributed by atoms with van der Waals surface area (Å²) in [6.07, 6.45) is 3.88. The summed E-state index contributed by atoms with van der Waals surface area (Å²) in [5.74, 6) is 0.514. The van der Waals surface area contributed by atoms with Crippen LogP contribution in [-0.4, -0.2) is 0 Å². The first-order chi connectivity index (χ1) is 3.85. The van der Waals surface area contributed by atoms with E-state index in [1.807, 2.05) is 6.07 Å². The van der Waals surface area contributed by atoms with E-state index in [1.54, 1.807) is 6.42 Å². The summed E-state index contributed by atoms with van der Waals surface area (Å²) in [5, 5.41) is 8.19. The Morgan fingerprint density at radius 3 is 2.12 bits per heavy atom. The first-order valence-electron chi connectivity index (χ1n) is 3.08. The molecule has 0 aliphatic rings. The fraction of sp³-hybridized carbons (Fsp3) is 0.714. The molecule has 0 aromatic rings. The minimum Gasteiger partial charge on any atom is -0.198 e. The minimum absolute atomic E-state index is 0.514. The van der Waals surface area contributed by atoms with Gasteiger partial charge in [-0.3, -0.25) is 0 Å². The molecule has 0 unspecified atom stereocenters. The van der Waals surface area contributed by atoms with Crippen LogP contribution in [0.25, 0.3) is 0 Å². The molecule has 0 saturated heterocycles. The smallest absolute Gasteiger partial charge is 0.0672 e. The van der Waals surface area contributed by atoms with E-state index in [4.69, 9.17) is 5.26 Å². The van der Waals surface area contributed by atoms with Crippen molar-refractivity contribution in [1.82, 2.24) is 0 Å². The molecule has 0 atom stereocenters. The number of rotatable bonds is 3. The zero-order valence-electron chi connectivity index (χ0n) is 5.52. The van der Waals surface area contributed by atoms with Crippen LogP contribution in [0, 0.1) is 23.7 Å². The molecule has 0 bridgehead atoms. The highest BCUT2D eigenvalue weighted by atomic mass is 14.2. The summed E-state index contributed by atoms with van der Waals surface area (Å²) in [5.41, 5.74) is 0. The van der Waals surface area contributed by atoms with E-state index in [9.17, 15) is 0 Å². The van der Waals surface area contributed by atoms with Gasteiger partial charge in [0.05, 0.1) is 12.5 Å². The van der Waals surface area contributed by atoms with Gasteiger partial charge in [0.25, 0.3) is 0 Å². The second-order valence-corrected chi connectivity index (χ2v) is 1.87. The predicted octanol–water partition coefficient (Wildman–Crippen LogP) is 2.15. The normalized spacial score (nSPS) is 9.25. The maximum atomic E-state index is 8.19. The van der Waals surface area contributed by atoms with Crippen molar-refractivity contribution in [1.29, 1.82) is 5.26 Å². The van der Waals surface area contributed by atoms with Gasteiger partial charge in [0.2, 0.25) is 0 Å². The lowest BCUT2D eigenvalue weighted by atomic mass is 10.0. The van der Waals surface area contributed by atoms with Crippen LogP contribution in [0.5, 0.6) is 0 Å². The van der Waals surface area contributed by atoms with E-state index in [1.165, 1.54) is 0 Å². The van der Waals surface area contributed by atoms with E-state index in [0.29, 0.717) is 5.92 Å². The Balaban J connectivity index is 3.25. The summed E-state index contributed by atoms with van der Waals surface area (Å²) in [6, 6.07) is 2.04. The number of nitriles is 1. The third kappa shape index (κ3) is 2.63. The predicted molar refractivity (Wildman–Crippen MR) is 34.0 cm³/mol. The first-order valence-corrected chi connectivity index (χ1v) is 3.08. The highest BCUT2D eigenvalue weighted by Crippen LogP contribution is 2.09. The molecule has 0 spiro atoms. The van der Waals surface area contributed by atoms with Crippen molar-refractivity contribution in [2.24, 2.45) is 5.92 Å². The van der Waals surface area contributed by atoms with Crippen LogP contribution >= 0.6 is 0 Å². The third-order valence-electron chi connectivity index (χ3n) is 1.36. The topological polar surface area (TPSA) is 23.8 Å². The fourth-order valence-corrected chi connectivity index (χ4v) is 0.630. The highest BCUT2D eigenvalue weighted by Gasteiger charge is 2.00. The van der Waals surface area contributed by atoms with Gasteiger partial charge in [-0.15, -0.1) is 0 Å². The number of hydrogen-bond acceptors (Lipinski definition) is 1. The molecular weight excluding hydrogens is 98.1 g/mol. The van der Waals surface area contributed by atoms with Crippen molar-refractivity contribution >= 4 is 0 Å². The lowest BCUT2D eigenvalue weighted by Crippen LogP contribution is -1.94. The number of hydrogen-bond donors (Lipinski definition) is 0. The molecule has 0 rings (SSSR count). The van der Waals surface area contributed by atoms with Crippen molar-refractivity contribution < 1.29 is 0 Å². The van der Waals surface area contributed by atoms with Crippen LogP contribution in [0.15, 0.2) is 0 Å². The monoisotopic (exact) mass is 110 g/mol. The molecule has 1 nitrogen and oxygen atoms in total. The van der Waals surface area contributed by atoms with Gasteiger partial charge in [-0.2, -0.15) is 5.26 Å². The molecular formula is C7H12N. The molecule has 45 valence electrons. The third-order valence-corrected chi connectivity index (χ3v) is 1.36. The van der Waals surface area contributed by atoms with Crippen molar-refractivity contribution in [3.63, 3.8) is 0 Å². The van der Waals surface area contributed by atoms with E-state index >= 15 is 0 Å². The van der Waals surface area contributed by atoms with Gasteiger partial charge >= 0.3 is 0 Å². The molecule has 0 aromatic carbocycles. The quantitative estimate of drug-likeness (QED) is 0.546. The maximum absolute atomic E-state index is 8.19. The van der Waals surface area contributed by atoms with Gasteiger partial charge in [-0.05, 0) is 5.92 Å². The number of nitrogens with zero attached hydrogens (tertiary/aromatic N) is 1. The average Bonchev–Trinajstić information content (AvgIpc) is 1.83. The SMILES string of the molecule is CCC([CH]C#N)CC. The van der Waals surface area contributed by atoms with Gasteiger partial charge in [-0.25, -0.2) is 0 Å². The van der Waals surface area contributed by atoms with Gasteiger partial charge in [0.15, 0.2) is 0 Å². The zero-order valence-corrected chi connectivity index (χ0v) is 5.52. The Hall–Kier alpha value is -0.510. The molecule has 8 heavy (non-hydrogen) atoms. The molecule has 0 aliphatic carbocycles. The molecule has 0 aromatic heterocycles. The second-order valence-electron chi connectivity index (χ2n) is 1.87. The summed E-state index contributed by atoms with van der Waals surface area (Å²) in [4.78, 5) is 0. The van der Waals surface area contributed by atoms with Crippen LogP contribution in [-0.2, 0) is 0 Å². The van der Waals surface area contributed by atoms with Gasteiger partial charge in [0, 0.05) is 0 Å². The molecule has 0 amide bonds. The lowest BCUT2D eigenvalue weighted by Gasteiger charge is -2.03. The van der Waals surface area contributed by atoms with Gasteiger partial charge in [0.1, 0.15) is 0 Å². The van der Waals surface area contributed by atoms with Crippen molar-refractivity contribution in [2.45, 2.75) is 26.7 Å². The van der Waals surface area contributed by atoms with Crippen LogP contribution in [0.1, 0.15) is 26.7 Å². The largest absolute Gasteiger partial charge is 0.198 e. The molecule has 0 aliphatic heterocycles. The Labute approximate surface area is 51.3 Å². The summed E-state index contributed by atoms with van der Waals surface area (Å²) >= 11 is 0. The standard InChI is InChI=1S/C7H12N/c1-3-7(4-2)5-6-8/h5,7H,3-4H2,1-2H3. The van der Waals surface area contributed by atoms with Crippen molar-refractivity contribution in [3.8, 4) is 6.07 Å². The van der Waals surface area contributed by atoms with E-state index in [0.717, 1.165) is 12.8 Å². The summed E-state index contributed by atoms with van der Waals surface area (Å²) in [7, 11) is 0. The summed E-state index contributed by atoms with van der Waals surface area (Å²) < 4.78 is 0. The van der Waals surface area contributed by atoms with Crippen molar-refractivity contribution in [3.05, 3.63) is 6.42 Å². The molecule has 0 fully saturated rings. The molecule has 1 heteroatoms. The van der Waals surface area contributed by atoms with Crippen LogP contribution in [0.2, 0.25) is 0 Å². The Bertz CT molecular complexity index is 76.9. The van der Waals surface area contributed by atoms with Crippen LogP contribution < -0.4 is 0 Å². The molecule has 0 saturated carbocycles. The molecule has 0 heterocycles. The molecule has 0 N–H and O–H groups in total. The fourth-order valence-electron chi connectivity index (χ4n) is 0.630. The second kappa shape index (κ2) is 4.64. The first kappa shape index (κ1) is 7.49. The van der Waals surface area contributed by atoms with E-state index < -0.39 is 0 Å². The lowest BCUT2D eigenvalue weighted by molar-refractivity contribution is 0.580. The van der Waals surface area contributed by atoms with E-state index in [-0.39, 0.29) is 0 Å². The summed E-state index contributed by atoms with van der Waals surface area (Å²) in [6.45, 7) is 4.20. The van der Waals surface area contributed by atoms with Crippen LogP contribution in [0.3, 0.4) is 0 Å². The van der Waals surface area contributed by atoms with E-state index in [2.05, 4.69) is 13.8 Å². The Kier molecular flexibility index (Phi) is 4.35. The Morgan fingerprint density at radius 2 is 2.00 bits per heavy atom. The highest BCUT2D eigenvalue weighted by molar-refractivity contribution is 4.95. The van der Waals surface area contributed by atoms with Gasteiger partial charge < -0.3 is 0 Å². The maximum Gasteiger partial charge on any atom is 0.0672 e.